The monoisotopic (exact) mass is 453 g/mol. The summed E-state index contributed by atoms with van der Waals surface area (Å²) in [5.41, 5.74) is 2.67. The van der Waals surface area contributed by atoms with Crippen LogP contribution in [0.4, 0.5) is 0 Å². The van der Waals surface area contributed by atoms with Crippen molar-refractivity contribution in [3.05, 3.63) is 64.1 Å². The molecule has 2 aromatic carbocycles. The van der Waals surface area contributed by atoms with E-state index in [0.29, 0.717) is 23.4 Å². The van der Waals surface area contributed by atoms with Crippen LogP contribution in [-0.2, 0) is 16.0 Å². The Bertz CT molecular complexity index is 1190. The Kier molecular flexibility index (Phi) is 6.79. The van der Waals surface area contributed by atoms with Crippen molar-refractivity contribution >= 4 is 23.0 Å². The summed E-state index contributed by atoms with van der Waals surface area (Å²) in [5.74, 6) is -1.18. The molecule has 1 amide bonds. The molecule has 0 bridgehead atoms. The molecule has 9 nitrogen and oxygen atoms in total. The van der Waals surface area contributed by atoms with Crippen molar-refractivity contribution in [2.24, 2.45) is 0 Å². The highest BCUT2D eigenvalue weighted by atomic mass is 16.5. The van der Waals surface area contributed by atoms with Crippen LogP contribution in [0.5, 0.6) is 5.75 Å². The van der Waals surface area contributed by atoms with Crippen LogP contribution >= 0.6 is 0 Å². The fourth-order valence-corrected chi connectivity index (χ4v) is 4.20. The van der Waals surface area contributed by atoms with E-state index in [-0.39, 0.29) is 18.4 Å². The molecular weight excluding hydrogens is 426 g/mol. The number of H-pyrrole nitrogens is 1. The van der Waals surface area contributed by atoms with E-state index in [1.807, 2.05) is 12.1 Å². The molecule has 1 atom stereocenters. The molecular formula is C24H27N3O6. The smallest absolute Gasteiger partial charge is 0.417 e. The number of likely N-dealkylation sites (tertiary alicyclic amines) is 1. The van der Waals surface area contributed by atoms with Gasteiger partial charge in [0.25, 0.3) is 0 Å². The van der Waals surface area contributed by atoms with Crippen LogP contribution in [0.1, 0.15) is 30.0 Å². The molecule has 0 radical (unpaired) electrons. The van der Waals surface area contributed by atoms with E-state index in [0.717, 1.165) is 37.1 Å². The molecule has 1 aliphatic heterocycles. The number of hydrogen-bond acceptors (Lipinski definition) is 6. The average Bonchev–Trinajstić information content (AvgIpc) is 3.44. The minimum absolute atomic E-state index is 0.0683. The van der Waals surface area contributed by atoms with E-state index in [1.165, 1.54) is 0 Å². The van der Waals surface area contributed by atoms with Gasteiger partial charge in [-0.1, -0.05) is 18.2 Å². The fraction of sp³-hybridized carbons (Fsp3) is 0.375. The number of nitrogens with zero attached hydrogens (tertiary/aromatic N) is 2. The zero-order chi connectivity index (χ0) is 23.4. The molecule has 2 N–H and O–H groups in total. The van der Waals surface area contributed by atoms with Gasteiger partial charge in [-0.3, -0.25) is 9.78 Å². The lowest BCUT2D eigenvalue weighted by atomic mass is 10.0. The topological polar surface area (TPSA) is 116 Å². The van der Waals surface area contributed by atoms with Crippen LogP contribution in [0.3, 0.4) is 0 Å². The first-order valence-electron chi connectivity index (χ1n) is 10.9. The van der Waals surface area contributed by atoms with Crippen molar-refractivity contribution in [1.29, 1.82) is 0 Å². The standard InChI is InChI=1S/C24H27N3O6/c1-26(22(28)12-16-7-8-21-19(11-16)25-24(31)33-21)20(14-27-9-2-3-10-27)17-5-4-6-18(13-17)32-15-23(29)30/h4-8,11,13,20H,2-3,9-10,12,14-15H2,1H3,(H,25,31)(H,29,30). The minimum Gasteiger partial charge on any atom is -0.482 e. The van der Waals surface area contributed by atoms with Gasteiger partial charge in [-0.25, -0.2) is 9.59 Å². The van der Waals surface area contributed by atoms with Crippen LogP contribution < -0.4 is 10.5 Å². The minimum atomic E-state index is -1.04. The Morgan fingerprint density at radius 2 is 2.00 bits per heavy atom. The predicted octanol–water partition coefficient (Wildman–Crippen LogP) is 2.42. The van der Waals surface area contributed by atoms with Gasteiger partial charge >= 0.3 is 11.7 Å². The fourth-order valence-electron chi connectivity index (χ4n) is 4.20. The number of aliphatic carboxylic acids is 1. The Hall–Kier alpha value is -3.59. The maximum atomic E-state index is 13.2. The molecule has 1 aromatic heterocycles. The Labute approximate surface area is 190 Å². The molecule has 9 heteroatoms. The third kappa shape index (κ3) is 5.61. The highest BCUT2D eigenvalue weighted by Gasteiger charge is 2.26. The van der Waals surface area contributed by atoms with E-state index in [4.69, 9.17) is 14.3 Å². The molecule has 4 rings (SSSR count). The SMILES string of the molecule is CN(C(=O)Cc1ccc2oc(=O)[nH]c2c1)C(CN1CCCC1)c1cccc(OCC(=O)O)c1. The lowest BCUT2D eigenvalue weighted by Gasteiger charge is -2.32. The molecule has 33 heavy (non-hydrogen) atoms. The molecule has 2 heterocycles. The molecule has 0 saturated carbocycles. The summed E-state index contributed by atoms with van der Waals surface area (Å²) < 4.78 is 10.4. The number of fused-ring (bicyclic) bond motifs is 1. The Morgan fingerprint density at radius 1 is 1.21 bits per heavy atom. The normalized spacial score (nSPS) is 14.9. The number of likely N-dealkylation sites (N-methyl/N-ethyl adjacent to an activating group) is 1. The summed E-state index contributed by atoms with van der Waals surface area (Å²) in [5, 5.41) is 8.90. The van der Waals surface area contributed by atoms with Crippen LogP contribution in [0, 0.1) is 0 Å². The molecule has 0 aliphatic carbocycles. The average molecular weight is 453 g/mol. The van der Waals surface area contributed by atoms with Gasteiger partial charge in [0.1, 0.15) is 5.75 Å². The second kappa shape index (κ2) is 9.91. The van der Waals surface area contributed by atoms with Gasteiger partial charge in [0.2, 0.25) is 5.91 Å². The van der Waals surface area contributed by atoms with E-state index >= 15 is 0 Å². The van der Waals surface area contributed by atoms with Gasteiger partial charge in [0.15, 0.2) is 12.2 Å². The van der Waals surface area contributed by atoms with Crippen molar-refractivity contribution in [2.45, 2.75) is 25.3 Å². The molecule has 1 fully saturated rings. The van der Waals surface area contributed by atoms with E-state index in [9.17, 15) is 14.4 Å². The van der Waals surface area contributed by atoms with Crippen LogP contribution in [0.25, 0.3) is 11.1 Å². The molecule has 3 aromatic rings. The number of carbonyl (C=O) groups is 2. The maximum absolute atomic E-state index is 13.2. The zero-order valence-corrected chi connectivity index (χ0v) is 18.5. The van der Waals surface area contributed by atoms with Gasteiger partial charge in [0, 0.05) is 13.6 Å². The first-order valence-corrected chi connectivity index (χ1v) is 10.9. The van der Waals surface area contributed by atoms with E-state index < -0.39 is 18.3 Å². The van der Waals surface area contributed by atoms with Gasteiger partial charge in [-0.15, -0.1) is 0 Å². The second-order valence-electron chi connectivity index (χ2n) is 8.30. The predicted molar refractivity (Wildman–Crippen MR) is 121 cm³/mol. The molecule has 0 spiro atoms. The van der Waals surface area contributed by atoms with Crippen molar-refractivity contribution in [3.8, 4) is 5.75 Å². The Balaban J connectivity index is 1.54. The number of carboxylic acid groups (broad SMARTS) is 1. The van der Waals surface area contributed by atoms with Gasteiger partial charge in [0.05, 0.1) is 18.0 Å². The van der Waals surface area contributed by atoms with Crippen molar-refractivity contribution in [1.82, 2.24) is 14.8 Å². The van der Waals surface area contributed by atoms with Gasteiger partial charge < -0.3 is 24.1 Å². The molecule has 1 aliphatic rings. The molecule has 174 valence electrons. The first-order chi connectivity index (χ1) is 15.9. The van der Waals surface area contributed by atoms with Crippen molar-refractivity contribution in [2.75, 3.05) is 33.3 Å². The number of oxazole rings is 1. The van der Waals surface area contributed by atoms with Crippen LogP contribution in [-0.4, -0.2) is 65.1 Å². The maximum Gasteiger partial charge on any atom is 0.417 e. The van der Waals surface area contributed by atoms with E-state index in [2.05, 4.69) is 9.88 Å². The quantitative estimate of drug-likeness (QED) is 0.511. The molecule has 1 saturated heterocycles. The third-order valence-electron chi connectivity index (χ3n) is 5.93. The summed E-state index contributed by atoms with van der Waals surface area (Å²) in [6.45, 7) is 2.23. The number of carbonyl (C=O) groups excluding carboxylic acids is 1. The van der Waals surface area contributed by atoms with Gasteiger partial charge in [-0.05, 0) is 61.3 Å². The summed E-state index contributed by atoms with van der Waals surface area (Å²) in [7, 11) is 1.78. The largest absolute Gasteiger partial charge is 0.482 e. The summed E-state index contributed by atoms with van der Waals surface area (Å²) >= 11 is 0. The number of hydrogen-bond donors (Lipinski definition) is 2. The second-order valence-corrected chi connectivity index (χ2v) is 8.30. The van der Waals surface area contributed by atoms with Crippen LogP contribution in [0.15, 0.2) is 51.7 Å². The number of amides is 1. The van der Waals surface area contributed by atoms with Crippen LogP contribution in [0.2, 0.25) is 0 Å². The first kappa shape index (κ1) is 22.6. The number of aromatic nitrogens is 1. The number of carboxylic acids is 1. The highest BCUT2D eigenvalue weighted by molar-refractivity contribution is 5.81. The number of rotatable bonds is 9. The highest BCUT2D eigenvalue weighted by Crippen LogP contribution is 2.27. The third-order valence-corrected chi connectivity index (χ3v) is 5.93. The summed E-state index contributed by atoms with van der Waals surface area (Å²) in [4.78, 5) is 42.2. The lowest BCUT2D eigenvalue weighted by molar-refractivity contribution is -0.139. The van der Waals surface area contributed by atoms with Gasteiger partial charge in [-0.2, -0.15) is 0 Å². The Morgan fingerprint density at radius 3 is 2.76 bits per heavy atom. The number of ether oxygens (including phenoxy) is 1. The number of nitrogens with one attached hydrogen (secondary N) is 1. The molecule has 1 unspecified atom stereocenters. The van der Waals surface area contributed by atoms with Crippen molar-refractivity contribution < 1.29 is 23.8 Å². The summed E-state index contributed by atoms with van der Waals surface area (Å²) in [6.07, 6.45) is 2.44. The zero-order valence-electron chi connectivity index (χ0n) is 18.5. The lowest BCUT2D eigenvalue weighted by Crippen LogP contribution is -2.39. The summed E-state index contributed by atoms with van der Waals surface area (Å²) in [6, 6.07) is 12.2. The van der Waals surface area contributed by atoms with Crippen molar-refractivity contribution in [3.63, 3.8) is 0 Å². The van der Waals surface area contributed by atoms with E-state index in [1.54, 1.807) is 42.3 Å². The number of aromatic amines is 1. The number of benzene rings is 2.